The van der Waals surface area contributed by atoms with Crippen molar-refractivity contribution in [1.82, 2.24) is 5.06 Å². The monoisotopic (exact) mass is 215 g/mol. The lowest BCUT2D eigenvalue weighted by Crippen LogP contribution is -2.37. The first-order chi connectivity index (χ1) is 7.13. The van der Waals surface area contributed by atoms with E-state index in [0.717, 1.165) is 0 Å². The van der Waals surface area contributed by atoms with E-state index in [0.29, 0.717) is 32.5 Å². The molecule has 0 bridgehead atoms. The Kier molecular flexibility index (Phi) is 4.55. The lowest BCUT2D eigenvalue weighted by Gasteiger charge is -2.28. The zero-order valence-corrected chi connectivity index (χ0v) is 9.19. The fourth-order valence-electron chi connectivity index (χ4n) is 1.62. The maximum absolute atomic E-state index is 11.4. The van der Waals surface area contributed by atoms with Crippen molar-refractivity contribution in [3.05, 3.63) is 0 Å². The van der Waals surface area contributed by atoms with Crippen molar-refractivity contribution in [3.63, 3.8) is 0 Å². The average molecular weight is 215 g/mol. The number of hydroxylamine groups is 2. The SMILES string of the molecule is CCOC(=O)C1CCN(OC(C)=O)CC1. The Hall–Kier alpha value is -1.10. The summed E-state index contributed by atoms with van der Waals surface area (Å²) in [6.45, 7) is 4.79. The minimum absolute atomic E-state index is 0.0447. The molecule has 1 heterocycles. The van der Waals surface area contributed by atoms with Crippen molar-refractivity contribution in [2.75, 3.05) is 19.7 Å². The number of carbonyl (C=O) groups is 2. The minimum Gasteiger partial charge on any atom is -0.466 e. The molecule has 0 spiro atoms. The predicted molar refractivity (Wildman–Crippen MR) is 52.7 cm³/mol. The smallest absolute Gasteiger partial charge is 0.322 e. The van der Waals surface area contributed by atoms with E-state index >= 15 is 0 Å². The Balaban J connectivity index is 2.29. The van der Waals surface area contributed by atoms with Crippen LogP contribution in [-0.4, -0.2) is 36.7 Å². The van der Waals surface area contributed by atoms with Crippen LogP contribution in [0.3, 0.4) is 0 Å². The zero-order valence-electron chi connectivity index (χ0n) is 9.19. The van der Waals surface area contributed by atoms with Crippen molar-refractivity contribution < 1.29 is 19.2 Å². The van der Waals surface area contributed by atoms with Crippen molar-refractivity contribution in [3.8, 4) is 0 Å². The number of nitrogens with zero attached hydrogens (tertiary/aromatic N) is 1. The Morgan fingerprint density at radius 1 is 1.33 bits per heavy atom. The number of ether oxygens (including phenoxy) is 1. The van der Waals surface area contributed by atoms with Gasteiger partial charge < -0.3 is 9.57 Å². The number of piperidine rings is 1. The fourth-order valence-corrected chi connectivity index (χ4v) is 1.62. The summed E-state index contributed by atoms with van der Waals surface area (Å²) in [6.07, 6.45) is 1.37. The summed E-state index contributed by atoms with van der Waals surface area (Å²) >= 11 is 0. The number of rotatable bonds is 3. The van der Waals surface area contributed by atoms with Crippen LogP contribution in [0.4, 0.5) is 0 Å². The molecule has 15 heavy (non-hydrogen) atoms. The summed E-state index contributed by atoms with van der Waals surface area (Å²) in [5, 5.41) is 1.60. The van der Waals surface area contributed by atoms with Crippen molar-refractivity contribution in [2.45, 2.75) is 26.7 Å². The molecule has 1 aliphatic rings. The van der Waals surface area contributed by atoms with Gasteiger partial charge in [-0.05, 0) is 19.8 Å². The van der Waals surface area contributed by atoms with E-state index in [9.17, 15) is 9.59 Å². The lowest BCUT2D eigenvalue weighted by molar-refractivity contribution is -0.195. The van der Waals surface area contributed by atoms with E-state index in [1.807, 2.05) is 0 Å². The third kappa shape index (κ3) is 3.87. The topological polar surface area (TPSA) is 55.8 Å². The third-order valence-corrected chi connectivity index (χ3v) is 2.33. The predicted octanol–water partition coefficient (Wildman–Crippen LogP) is 0.740. The van der Waals surface area contributed by atoms with Gasteiger partial charge >= 0.3 is 11.9 Å². The molecule has 0 aromatic rings. The van der Waals surface area contributed by atoms with E-state index < -0.39 is 0 Å². The van der Waals surface area contributed by atoms with Crippen LogP contribution in [0.15, 0.2) is 0 Å². The van der Waals surface area contributed by atoms with Crippen molar-refractivity contribution in [2.24, 2.45) is 5.92 Å². The van der Waals surface area contributed by atoms with Gasteiger partial charge in [-0.2, -0.15) is 0 Å². The van der Waals surface area contributed by atoms with Crippen LogP contribution >= 0.6 is 0 Å². The molecule has 0 aromatic heterocycles. The second-order valence-corrected chi connectivity index (χ2v) is 3.54. The van der Waals surface area contributed by atoms with Crippen LogP contribution in [0.1, 0.15) is 26.7 Å². The molecule has 5 nitrogen and oxygen atoms in total. The molecular weight excluding hydrogens is 198 g/mol. The molecule has 0 aliphatic carbocycles. The number of esters is 1. The summed E-state index contributed by atoms with van der Waals surface area (Å²) in [6, 6.07) is 0. The lowest BCUT2D eigenvalue weighted by atomic mass is 9.98. The fraction of sp³-hybridized carbons (Fsp3) is 0.800. The second kappa shape index (κ2) is 5.70. The molecule has 0 radical (unpaired) electrons. The van der Waals surface area contributed by atoms with E-state index in [1.54, 1.807) is 12.0 Å². The van der Waals surface area contributed by atoms with Gasteiger partial charge in [0.25, 0.3) is 0 Å². The quantitative estimate of drug-likeness (QED) is 0.650. The molecule has 1 saturated heterocycles. The van der Waals surface area contributed by atoms with Crippen LogP contribution in [0, 0.1) is 5.92 Å². The van der Waals surface area contributed by atoms with Gasteiger partial charge in [0.05, 0.1) is 12.5 Å². The molecule has 1 aliphatic heterocycles. The van der Waals surface area contributed by atoms with Crippen LogP contribution in [-0.2, 0) is 19.2 Å². The molecule has 1 rings (SSSR count). The first kappa shape index (κ1) is 12.0. The summed E-state index contributed by atoms with van der Waals surface area (Å²) in [5.41, 5.74) is 0. The molecule has 5 heteroatoms. The highest BCUT2D eigenvalue weighted by Gasteiger charge is 2.27. The maximum atomic E-state index is 11.4. The summed E-state index contributed by atoms with van der Waals surface area (Å²) in [5.74, 6) is -0.499. The molecule has 1 fully saturated rings. The number of hydrogen-bond acceptors (Lipinski definition) is 5. The van der Waals surface area contributed by atoms with Gasteiger partial charge in [-0.3, -0.25) is 9.59 Å². The van der Waals surface area contributed by atoms with Gasteiger partial charge in [-0.25, -0.2) is 0 Å². The Bertz CT molecular complexity index is 234. The van der Waals surface area contributed by atoms with Gasteiger partial charge in [0.15, 0.2) is 0 Å². The van der Waals surface area contributed by atoms with Crippen LogP contribution in [0.25, 0.3) is 0 Å². The second-order valence-electron chi connectivity index (χ2n) is 3.54. The van der Waals surface area contributed by atoms with E-state index in [1.165, 1.54) is 6.92 Å². The highest BCUT2D eigenvalue weighted by molar-refractivity contribution is 5.72. The normalized spacial score (nSPS) is 18.5. The first-order valence-corrected chi connectivity index (χ1v) is 5.23. The van der Waals surface area contributed by atoms with Gasteiger partial charge in [0.1, 0.15) is 0 Å². The zero-order chi connectivity index (χ0) is 11.3. The molecule has 0 aromatic carbocycles. The average Bonchev–Trinajstić information content (AvgIpc) is 2.18. The first-order valence-electron chi connectivity index (χ1n) is 5.23. The number of carbonyl (C=O) groups excluding carboxylic acids is 2. The summed E-state index contributed by atoms with van der Waals surface area (Å²) in [4.78, 5) is 27.0. The van der Waals surface area contributed by atoms with Gasteiger partial charge in [-0.1, -0.05) is 0 Å². The number of hydrogen-bond donors (Lipinski definition) is 0. The van der Waals surface area contributed by atoms with Crippen LogP contribution in [0.2, 0.25) is 0 Å². The Morgan fingerprint density at radius 3 is 2.40 bits per heavy atom. The van der Waals surface area contributed by atoms with E-state index in [-0.39, 0.29) is 17.9 Å². The third-order valence-electron chi connectivity index (χ3n) is 2.33. The Labute approximate surface area is 89.3 Å². The summed E-state index contributed by atoms with van der Waals surface area (Å²) < 4.78 is 4.93. The van der Waals surface area contributed by atoms with Crippen LogP contribution in [0.5, 0.6) is 0 Å². The molecule has 0 amide bonds. The molecule has 0 atom stereocenters. The minimum atomic E-state index is -0.315. The van der Waals surface area contributed by atoms with Crippen molar-refractivity contribution in [1.29, 1.82) is 0 Å². The van der Waals surface area contributed by atoms with Gasteiger partial charge in [0.2, 0.25) is 0 Å². The highest BCUT2D eigenvalue weighted by atomic mass is 16.7. The molecular formula is C10H17NO4. The molecule has 0 saturated carbocycles. The Morgan fingerprint density at radius 2 is 1.93 bits per heavy atom. The van der Waals surface area contributed by atoms with E-state index in [4.69, 9.17) is 9.57 Å². The molecule has 0 unspecified atom stereocenters. The van der Waals surface area contributed by atoms with Crippen LogP contribution < -0.4 is 0 Å². The van der Waals surface area contributed by atoms with E-state index in [2.05, 4.69) is 0 Å². The van der Waals surface area contributed by atoms with Gasteiger partial charge in [0, 0.05) is 20.0 Å². The van der Waals surface area contributed by atoms with Crippen molar-refractivity contribution >= 4 is 11.9 Å². The maximum Gasteiger partial charge on any atom is 0.322 e. The standard InChI is InChI=1S/C10H17NO4/c1-3-14-10(13)9-4-6-11(7-5-9)15-8(2)12/h9H,3-7H2,1-2H3. The largest absolute Gasteiger partial charge is 0.466 e. The molecule has 0 N–H and O–H groups in total. The molecule has 86 valence electrons. The summed E-state index contributed by atoms with van der Waals surface area (Å²) in [7, 11) is 0. The highest BCUT2D eigenvalue weighted by Crippen LogP contribution is 2.18. The van der Waals surface area contributed by atoms with Gasteiger partial charge in [-0.15, -0.1) is 5.06 Å².